The molecule has 0 spiro atoms. The van der Waals surface area contributed by atoms with Crippen LogP contribution in [-0.2, 0) is 4.79 Å². The van der Waals surface area contributed by atoms with E-state index in [-0.39, 0.29) is 12.5 Å². The molecule has 4 heteroatoms. The minimum Gasteiger partial charge on any atom is -0.342 e. The fourth-order valence-corrected chi connectivity index (χ4v) is 1.31. The maximum atomic E-state index is 11.5. The maximum absolute atomic E-state index is 11.5. The molecule has 0 aliphatic rings. The average Bonchev–Trinajstić information content (AvgIpc) is 2.38. The molecule has 0 fully saturated rings. The Bertz CT molecular complexity index is 238. The molecule has 0 aliphatic carbocycles. The van der Waals surface area contributed by atoms with Gasteiger partial charge in [-0.15, -0.1) is 0 Å². The third kappa shape index (κ3) is 13.3. The van der Waals surface area contributed by atoms with E-state index in [9.17, 15) is 4.79 Å². The van der Waals surface area contributed by atoms with Crippen molar-refractivity contribution in [3.05, 3.63) is 0 Å². The van der Waals surface area contributed by atoms with Gasteiger partial charge in [-0.2, -0.15) is 0 Å². The first-order chi connectivity index (χ1) is 9.02. The Hall–Kier alpha value is -0.610. The molecule has 0 aromatic rings. The first-order valence-corrected chi connectivity index (χ1v) is 6.74. The summed E-state index contributed by atoms with van der Waals surface area (Å²) in [5.41, 5.74) is 0. The van der Waals surface area contributed by atoms with Gasteiger partial charge in [0.25, 0.3) is 0 Å². The number of rotatable bonds is 12. The summed E-state index contributed by atoms with van der Waals surface area (Å²) < 4.78 is 15.3. The van der Waals surface area contributed by atoms with Crippen molar-refractivity contribution in [3.8, 4) is 0 Å². The molecule has 1 amide bonds. The number of carbonyl (C=O) groups excluding carboxylic acids is 1. The predicted octanol–water partition coefficient (Wildman–Crippen LogP) is 1.62. The molecular weight excluding hydrogens is 214 g/mol. The van der Waals surface area contributed by atoms with E-state index in [1.54, 1.807) is 0 Å². The van der Waals surface area contributed by atoms with Crippen LogP contribution in [0.1, 0.15) is 55.1 Å². The highest BCUT2D eigenvalue weighted by atomic mass is 16.1. The van der Waals surface area contributed by atoms with Crippen LogP contribution >= 0.6 is 0 Å². The normalized spacial score (nSPS) is 13.1. The lowest BCUT2D eigenvalue weighted by Crippen LogP contribution is -2.39. The molecule has 0 saturated heterocycles. The monoisotopic (exact) mass is 245 g/mol. The molecule has 0 unspecified atom stereocenters. The van der Waals surface area contributed by atoms with Gasteiger partial charge in [-0.05, 0) is 25.9 Å². The van der Waals surface area contributed by atoms with E-state index in [1.165, 1.54) is 12.8 Å². The number of hydrogen-bond donors (Lipinski definition) is 3. The minimum atomic E-state index is -1.46. The molecule has 0 heterocycles. The Balaban J connectivity index is 3.53. The van der Waals surface area contributed by atoms with Crippen LogP contribution in [-0.4, -0.2) is 32.2 Å². The zero-order chi connectivity index (χ0) is 14.6. The standard InChI is InChI=1S/C13H29N3O/c1-3-5-7-9-14-11-13(17)16-12-15-10-8-6-4-2/h14-15H,3-12H2,1-2H3,(H,16,17)/i9D2. The third-order valence-corrected chi connectivity index (χ3v) is 2.40. The van der Waals surface area contributed by atoms with Crippen LogP contribution in [0.25, 0.3) is 0 Å². The Labute approximate surface area is 109 Å². The van der Waals surface area contributed by atoms with Crippen molar-refractivity contribution in [1.29, 1.82) is 0 Å². The van der Waals surface area contributed by atoms with Crippen LogP contribution < -0.4 is 16.0 Å². The Morgan fingerprint density at radius 3 is 2.47 bits per heavy atom. The zero-order valence-electron chi connectivity index (χ0n) is 13.3. The van der Waals surface area contributed by atoms with Gasteiger partial charge in [0.15, 0.2) is 0 Å². The lowest BCUT2D eigenvalue weighted by molar-refractivity contribution is -0.120. The summed E-state index contributed by atoms with van der Waals surface area (Å²) in [6.45, 7) is 4.09. The van der Waals surface area contributed by atoms with E-state index in [4.69, 9.17) is 2.74 Å². The van der Waals surface area contributed by atoms with Gasteiger partial charge in [0.1, 0.15) is 0 Å². The van der Waals surface area contributed by atoms with Crippen LogP contribution in [0.4, 0.5) is 0 Å². The largest absolute Gasteiger partial charge is 0.342 e. The first kappa shape index (κ1) is 12.8. The molecule has 0 rings (SSSR count). The van der Waals surface area contributed by atoms with E-state index < -0.39 is 6.50 Å². The van der Waals surface area contributed by atoms with Crippen molar-refractivity contribution in [2.24, 2.45) is 0 Å². The average molecular weight is 245 g/mol. The molecule has 0 bridgehead atoms. The fraction of sp³-hybridized carbons (Fsp3) is 0.923. The molecule has 17 heavy (non-hydrogen) atoms. The van der Waals surface area contributed by atoms with Gasteiger partial charge in [0, 0.05) is 2.74 Å². The summed E-state index contributed by atoms with van der Waals surface area (Å²) >= 11 is 0. The summed E-state index contributed by atoms with van der Waals surface area (Å²) in [5.74, 6) is -0.177. The molecule has 102 valence electrons. The van der Waals surface area contributed by atoms with E-state index in [2.05, 4.69) is 22.9 Å². The molecule has 0 radical (unpaired) electrons. The second-order valence-corrected chi connectivity index (χ2v) is 4.12. The Morgan fingerprint density at radius 2 is 1.76 bits per heavy atom. The highest BCUT2D eigenvalue weighted by molar-refractivity contribution is 5.77. The summed E-state index contributed by atoms with van der Waals surface area (Å²) in [5, 5.41) is 8.49. The van der Waals surface area contributed by atoms with E-state index in [0.717, 1.165) is 25.8 Å². The number of amides is 1. The van der Waals surface area contributed by atoms with Crippen LogP contribution in [0.2, 0.25) is 0 Å². The maximum Gasteiger partial charge on any atom is 0.234 e. The third-order valence-electron chi connectivity index (χ3n) is 2.40. The lowest BCUT2D eigenvalue weighted by Gasteiger charge is -2.07. The molecule has 3 N–H and O–H groups in total. The summed E-state index contributed by atoms with van der Waals surface area (Å²) in [6, 6.07) is 0. The van der Waals surface area contributed by atoms with Gasteiger partial charge in [0.2, 0.25) is 5.91 Å². The van der Waals surface area contributed by atoms with Gasteiger partial charge in [-0.25, -0.2) is 0 Å². The molecule has 0 saturated carbocycles. The molecular formula is C13H29N3O. The highest BCUT2D eigenvalue weighted by Crippen LogP contribution is 1.91. The van der Waals surface area contributed by atoms with Gasteiger partial charge >= 0.3 is 0 Å². The molecule has 0 aliphatic heterocycles. The summed E-state index contributed by atoms with van der Waals surface area (Å²) in [4.78, 5) is 11.5. The van der Waals surface area contributed by atoms with Crippen LogP contribution in [0.3, 0.4) is 0 Å². The van der Waals surface area contributed by atoms with E-state index in [0.29, 0.717) is 13.1 Å². The van der Waals surface area contributed by atoms with Crippen molar-refractivity contribution in [3.63, 3.8) is 0 Å². The zero-order valence-corrected chi connectivity index (χ0v) is 11.3. The smallest absolute Gasteiger partial charge is 0.234 e. The van der Waals surface area contributed by atoms with E-state index >= 15 is 0 Å². The van der Waals surface area contributed by atoms with Crippen molar-refractivity contribution >= 4 is 5.91 Å². The predicted molar refractivity (Wildman–Crippen MR) is 72.9 cm³/mol. The summed E-state index contributed by atoms with van der Waals surface area (Å²) in [6.07, 6.45) is 5.71. The quantitative estimate of drug-likeness (QED) is 0.362. The fourth-order valence-electron chi connectivity index (χ4n) is 1.31. The number of hydrogen-bond acceptors (Lipinski definition) is 3. The van der Waals surface area contributed by atoms with Crippen LogP contribution in [0.5, 0.6) is 0 Å². The Morgan fingerprint density at radius 1 is 1.06 bits per heavy atom. The number of unbranched alkanes of at least 4 members (excludes halogenated alkanes) is 3. The minimum absolute atomic E-state index is 0.0212. The van der Waals surface area contributed by atoms with Crippen LogP contribution in [0.15, 0.2) is 0 Å². The lowest BCUT2D eigenvalue weighted by atomic mass is 10.2. The van der Waals surface area contributed by atoms with Crippen molar-refractivity contribution in [2.45, 2.75) is 52.4 Å². The van der Waals surface area contributed by atoms with Crippen molar-refractivity contribution in [2.75, 3.05) is 26.3 Å². The number of nitrogens with one attached hydrogen (secondary N) is 3. The van der Waals surface area contributed by atoms with Gasteiger partial charge in [-0.1, -0.05) is 39.5 Å². The second-order valence-electron chi connectivity index (χ2n) is 4.12. The van der Waals surface area contributed by atoms with Crippen LogP contribution in [0, 0.1) is 0 Å². The first-order valence-electron chi connectivity index (χ1n) is 7.74. The molecule has 0 atom stereocenters. The molecule has 0 aromatic heterocycles. The summed E-state index contributed by atoms with van der Waals surface area (Å²) in [7, 11) is 0. The van der Waals surface area contributed by atoms with Crippen molar-refractivity contribution in [1.82, 2.24) is 16.0 Å². The van der Waals surface area contributed by atoms with Gasteiger partial charge < -0.3 is 10.6 Å². The number of carbonyl (C=O) groups is 1. The van der Waals surface area contributed by atoms with Gasteiger partial charge in [-0.3, -0.25) is 10.1 Å². The van der Waals surface area contributed by atoms with E-state index in [1.807, 2.05) is 6.92 Å². The van der Waals surface area contributed by atoms with Crippen molar-refractivity contribution < 1.29 is 7.54 Å². The second kappa shape index (κ2) is 13.5. The molecule has 4 nitrogen and oxygen atoms in total. The van der Waals surface area contributed by atoms with Gasteiger partial charge in [0.05, 0.1) is 13.2 Å². The molecule has 0 aromatic carbocycles. The topological polar surface area (TPSA) is 53.2 Å². The Kier molecular flexibility index (Phi) is 10.2. The highest BCUT2D eigenvalue weighted by Gasteiger charge is 1.98. The SMILES string of the molecule is [2H]C([2H])(CCCC)NCC(=O)NCNCCCCC.